The van der Waals surface area contributed by atoms with Gasteiger partial charge in [0.2, 0.25) is 5.78 Å². The third-order valence-electron chi connectivity index (χ3n) is 3.32. The van der Waals surface area contributed by atoms with Gasteiger partial charge in [-0.2, -0.15) is 5.10 Å². The molecule has 2 aromatic rings. The van der Waals surface area contributed by atoms with Crippen molar-refractivity contribution in [2.24, 2.45) is 0 Å². The van der Waals surface area contributed by atoms with Gasteiger partial charge >= 0.3 is 0 Å². The first-order chi connectivity index (χ1) is 10.1. The van der Waals surface area contributed by atoms with E-state index in [0.717, 1.165) is 12.1 Å². The SMILES string of the molecule is CCCn1ncc(OC)c1C(=O)c1ccc(N(C)C)cc1. The zero-order valence-electron chi connectivity index (χ0n) is 13.0. The number of hydrogen-bond acceptors (Lipinski definition) is 4. The molecule has 5 nitrogen and oxygen atoms in total. The van der Waals surface area contributed by atoms with Crippen molar-refractivity contribution in [1.82, 2.24) is 9.78 Å². The van der Waals surface area contributed by atoms with E-state index in [4.69, 9.17) is 4.74 Å². The third-order valence-corrected chi connectivity index (χ3v) is 3.32. The Kier molecular flexibility index (Phi) is 4.62. The van der Waals surface area contributed by atoms with Gasteiger partial charge in [0.1, 0.15) is 0 Å². The predicted octanol–water partition coefficient (Wildman–Crippen LogP) is 2.60. The van der Waals surface area contributed by atoms with Crippen LogP contribution in [0.1, 0.15) is 29.4 Å². The first kappa shape index (κ1) is 15.1. The molecule has 2 rings (SSSR count). The molecule has 1 aromatic heterocycles. The first-order valence-electron chi connectivity index (χ1n) is 7.00. The molecule has 0 atom stereocenters. The number of nitrogens with zero attached hydrogens (tertiary/aromatic N) is 3. The second-order valence-corrected chi connectivity index (χ2v) is 5.06. The summed E-state index contributed by atoms with van der Waals surface area (Å²) >= 11 is 0. The third kappa shape index (κ3) is 3.07. The van der Waals surface area contributed by atoms with Crippen LogP contribution in [-0.2, 0) is 6.54 Å². The van der Waals surface area contributed by atoms with Crippen LogP contribution >= 0.6 is 0 Å². The van der Waals surface area contributed by atoms with E-state index in [9.17, 15) is 4.79 Å². The van der Waals surface area contributed by atoms with Gasteiger partial charge < -0.3 is 9.64 Å². The van der Waals surface area contributed by atoms with E-state index in [1.807, 2.05) is 50.2 Å². The average Bonchev–Trinajstić information content (AvgIpc) is 2.90. The predicted molar refractivity (Wildman–Crippen MR) is 83.3 cm³/mol. The van der Waals surface area contributed by atoms with Gasteiger partial charge in [-0.1, -0.05) is 6.92 Å². The van der Waals surface area contributed by atoms with Crippen molar-refractivity contribution in [2.45, 2.75) is 19.9 Å². The van der Waals surface area contributed by atoms with Crippen LogP contribution in [-0.4, -0.2) is 36.8 Å². The highest BCUT2D eigenvalue weighted by atomic mass is 16.5. The molecule has 0 bridgehead atoms. The van der Waals surface area contributed by atoms with Crippen molar-refractivity contribution < 1.29 is 9.53 Å². The lowest BCUT2D eigenvalue weighted by Crippen LogP contribution is -2.13. The van der Waals surface area contributed by atoms with Crippen LogP contribution in [0.5, 0.6) is 5.75 Å². The minimum Gasteiger partial charge on any atom is -0.493 e. The summed E-state index contributed by atoms with van der Waals surface area (Å²) in [6, 6.07) is 7.53. The number of hydrogen-bond donors (Lipinski definition) is 0. The molecular weight excluding hydrogens is 266 g/mol. The molecule has 0 fully saturated rings. The number of aryl methyl sites for hydroxylation is 1. The fraction of sp³-hybridized carbons (Fsp3) is 0.375. The van der Waals surface area contributed by atoms with Crippen molar-refractivity contribution in [3.05, 3.63) is 41.7 Å². The maximum Gasteiger partial charge on any atom is 0.214 e. The van der Waals surface area contributed by atoms with Gasteiger partial charge in [0.05, 0.1) is 13.3 Å². The van der Waals surface area contributed by atoms with Crippen LogP contribution in [0, 0.1) is 0 Å². The lowest BCUT2D eigenvalue weighted by molar-refractivity contribution is 0.102. The van der Waals surface area contributed by atoms with Crippen LogP contribution in [0.4, 0.5) is 5.69 Å². The van der Waals surface area contributed by atoms with E-state index >= 15 is 0 Å². The fourth-order valence-corrected chi connectivity index (χ4v) is 2.18. The Labute approximate surface area is 125 Å². The maximum absolute atomic E-state index is 12.7. The van der Waals surface area contributed by atoms with Crippen molar-refractivity contribution in [1.29, 1.82) is 0 Å². The number of benzene rings is 1. The van der Waals surface area contributed by atoms with E-state index < -0.39 is 0 Å². The summed E-state index contributed by atoms with van der Waals surface area (Å²) < 4.78 is 6.97. The van der Waals surface area contributed by atoms with Crippen molar-refractivity contribution in [2.75, 3.05) is 26.1 Å². The molecule has 0 amide bonds. The number of carbonyl (C=O) groups excluding carboxylic acids is 1. The van der Waals surface area contributed by atoms with Gasteiger partial charge in [-0.15, -0.1) is 0 Å². The quantitative estimate of drug-likeness (QED) is 0.766. The van der Waals surface area contributed by atoms with Crippen molar-refractivity contribution in [3.8, 4) is 5.75 Å². The molecule has 0 aliphatic rings. The molecule has 112 valence electrons. The smallest absolute Gasteiger partial charge is 0.214 e. The maximum atomic E-state index is 12.7. The van der Waals surface area contributed by atoms with Crippen LogP contribution in [0.2, 0.25) is 0 Å². The molecule has 21 heavy (non-hydrogen) atoms. The lowest BCUT2D eigenvalue weighted by atomic mass is 10.1. The van der Waals surface area contributed by atoms with E-state index in [-0.39, 0.29) is 5.78 Å². The number of rotatable bonds is 6. The number of carbonyl (C=O) groups is 1. The monoisotopic (exact) mass is 287 g/mol. The Bertz CT molecular complexity index is 615. The molecule has 0 aliphatic carbocycles. The van der Waals surface area contributed by atoms with Crippen LogP contribution in [0.25, 0.3) is 0 Å². The summed E-state index contributed by atoms with van der Waals surface area (Å²) in [7, 11) is 5.49. The topological polar surface area (TPSA) is 47.4 Å². The van der Waals surface area contributed by atoms with E-state index in [2.05, 4.69) is 5.10 Å². The number of anilines is 1. The van der Waals surface area contributed by atoms with Crippen molar-refractivity contribution >= 4 is 11.5 Å². The largest absolute Gasteiger partial charge is 0.493 e. The number of ketones is 1. The summed E-state index contributed by atoms with van der Waals surface area (Å²) in [5.41, 5.74) is 2.20. The molecule has 1 aromatic carbocycles. The standard InChI is InChI=1S/C16H21N3O2/c1-5-10-19-15(14(21-4)11-17-19)16(20)12-6-8-13(9-7-12)18(2)3/h6-9,11H,5,10H2,1-4H3. The second-order valence-electron chi connectivity index (χ2n) is 5.06. The molecule has 0 saturated heterocycles. The van der Waals surface area contributed by atoms with Gasteiger partial charge in [-0.3, -0.25) is 9.48 Å². The zero-order chi connectivity index (χ0) is 15.4. The summed E-state index contributed by atoms with van der Waals surface area (Å²) in [6.07, 6.45) is 2.50. The Morgan fingerprint density at radius 3 is 2.48 bits per heavy atom. The van der Waals surface area contributed by atoms with Gasteiger partial charge in [0.25, 0.3) is 0 Å². The minimum atomic E-state index is -0.0666. The first-order valence-corrected chi connectivity index (χ1v) is 7.00. The highest BCUT2D eigenvalue weighted by molar-refractivity contribution is 6.09. The molecule has 0 spiro atoms. The summed E-state index contributed by atoms with van der Waals surface area (Å²) in [4.78, 5) is 14.7. The molecule has 0 N–H and O–H groups in total. The van der Waals surface area contributed by atoms with Gasteiger partial charge in [-0.05, 0) is 30.7 Å². The Hall–Kier alpha value is -2.30. The highest BCUT2D eigenvalue weighted by Crippen LogP contribution is 2.23. The number of methoxy groups -OCH3 is 1. The highest BCUT2D eigenvalue weighted by Gasteiger charge is 2.20. The summed E-state index contributed by atoms with van der Waals surface area (Å²) in [6.45, 7) is 2.74. The summed E-state index contributed by atoms with van der Waals surface area (Å²) in [5, 5.41) is 4.23. The molecule has 5 heteroatoms. The normalized spacial score (nSPS) is 10.5. The van der Waals surface area contributed by atoms with Crippen molar-refractivity contribution in [3.63, 3.8) is 0 Å². The molecule has 0 unspecified atom stereocenters. The van der Waals surface area contributed by atoms with Gasteiger partial charge in [0, 0.05) is 31.9 Å². The molecular formula is C16H21N3O2. The zero-order valence-corrected chi connectivity index (χ0v) is 13.0. The molecule has 0 saturated carbocycles. The van der Waals surface area contributed by atoms with Crippen LogP contribution in [0.3, 0.4) is 0 Å². The van der Waals surface area contributed by atoms with Gasteiger partial charge in [0.15, 0.2) is 11.4 Å². The van der Waals surface area contributed by atoms with Crippen LogP contribution < -0.4 is 9.64 Å². The Morgan fingerprint density at radius 2 is 1.95 bits per heavy atom. The number of aromatic nitrogens is 2. The summed E-state index contributed by atoms with van der Waals surface area (Å²) in [5.74, 6) is 0.452. The lowest BCUT2D eigenvalue weighted by Gasteiger charge is -2.13. The fourth-order valence-electron chi connectivity index (χ4n) is 2.18. The average molecular weight is 287 g/mol. The van der Waals surface area contributed by atoms with Crippen LogP contribution in [0.15, 0.2) is 30.5 Å². The molecule has 0 aliphatic heterocycles. The van der Waals surface area contributed by atoms with E-state index in [1.54, 1.807) is 18.0 Å². The Morgan fingerprint density at radius 1 is 1.29 bits per heavy atom. The van der Waals surface area contributed by atoms with Gasteiger partial charge in [-0.25, -0.2) is 0 Å². The van der Waals surface area contributed by atoms with E-state index in [0.29, 0.717) is 23.6 Å². The number of ether oxygens (including phenoxy) is 1. The molecule has 0 radical (unpaired) electrons. The Balaban J connectivity index is 2.37. The van der Waals surface area contributed by atoms with E-state index in [1.165, 1.54) is 0 Å². The minimum absolute atomic E-state index is 0.0666. The molecule has 1 heterocycles. The second kappa shape index (κ2) is 6.43.